The van der Waals surface area contributed by atoms with Crippen molar-refractivity contribution in [3.8, 4) is 0 Å². The number of nitrogens with one attached hydrogen (secondary N) is 1. The second kappa shape index (κ2) is 6.55. The molecule has 0 aliphatic carbocycles. The number of aromatic carboxylic acids is 1. The predicted molar refractivity (Wildman–Crippen MR) is 79.3 cm³/mol. The van der Waals surface area contributed by atoms with Gasteiger partial charge in [-0.3, -0.25) is 4.79 Å². The Morgan fingerprint density at radius 1 is 1.15 bits per heavy atom. The molecule has 1 rings (SSSR count). The molecular weight excluding hydrogens is 254 g/mol. The minimum absolute atomic E-state index is 0.0454. The number of carboxylic acids is 1. The van der Waals surface area contributed by atoms with Crippen LogP contribution in [0.25, 0.3) is 0 Å². The first-order valence-corrected chi connectivity index (χ1v) is 6.93. The van der Waals surface area contributed by atoms with E-state index in [0.717, 1.165) is 6.42 Å². The van der Waals surface area contributed by atoms with Crippen molar-refractivity contribution in [2.45, 2.75) is 47.1 Å². The summed E-state index contributed by atoms with van der Waals surface area (Å²) in [7, 11) is 0. The van der Waals surface area contributed by atoms with Crippen molar-refractivity contribution in [1.82, 2.24) is 5.32 Å². The molecule has 0 saturated heterocycles. The van der Waals surface area contributed by atoms with Crippen LogP contribution in [-0.2, 0) is 0 Å². The van der Waals surface area contributed by atoms with E-state index in [9.17, 15) is 14.7 Å². The molecule has 0 aromatic heterocycles. The van der Waals surface area contributed by atoms with Gasteiger partial charge in [-0.1, -0.05) is 32.9 Å². The quantitative estimate of drug-likeness (QED) is 0.868. The molecular formula is C16H23NO3. The first-order valence-electron chi connectivity index (χ1n) is 6.93. The van der Waals surface area contributed by atoms with Gasteiger partial charge < -0.3 is 10.4 Å². The average Bonchev–Trinajstić information content (AvgIpc) is 2.37. The van der Waals surface area contributed by atoms with Gasteiger partial charge in [0.1, 0.15) is 0 Å². The standard InChI is InChI=1S/C16H23NO3/c1-6-12(9(2)3)17-15(18)13-10(4)7-8-11(5)14(13)16(19)20/h7-9,12H,6H2,1-5H3,(H,17,18)(H,19,20). The smallest absolute Gasteiger partial charge is 0.336 e. The van der Waals surface area contributed by atoms with Crippen LogP contribution in [0.15, 0.2) is 12.1 Å². The first-order chi connectivity index (χ1) is 9.29. The molecule has 1 aromatic carbocycles. The van der Waals surface area contributed by atoms with Crippen molar-refractivity contribution in [1.29, 1.82) is 0 Å². The number of benzene rings is 1. The van der Waals surface area contributed by atoms with Crippen LogP contribution in [0.3, 0.4) is 0 Å². The Bertz CT molecular complexity index is 521. The minimum atomic E-state index is -1.06. The van der Waals surface area contributed by atoms with E-state index < -0.39 is 5.97 Å². The summed E-state index contributed by atoms with van der Waals surface area (Å²) < 4.78 is 0. The van der Waals surface area contributed by atoms with E-state index >= 15 is 0 Å². The molecule has 1 aromatic rings. The number of carbonyl (C=O) groups is 2. The van der Waals surface area contributed by atoms with E-state index in [2.05, 4.69) is 5.32 Å². The molecule has 4 nitrogen and oxygen atoms in total. The van der Waals surface area contributed by atoms with E-state index in [1.165, 1.54) is 0 Å². The maximum atomic E-state index is 12.4. The fourth-order valence-electron chi connectivity index (χ4n) is 2.36. The lowest BCUT2D eigenvalue weighted by atomic mass is 9.95. The van der Waals surface area contributed by atoms with Gasteiger partial charge in [-0.2, -0.15) is 0 Å². The zero-order valence-electron chi connectivity index (χ0n) is 12.8. The first kappa shape index (κ1) is 16.2. The van der Waals surface area contributed by atoms with Crippen LogP contribution in [0.4, 0.5) is 0 Å². The molecule has 0 fully saturated rings. The highest BCUT2D eigenvalue weighted by atomic mass is 16.4. The molecule has 0 aliphatic heterocycles. The van der Waals surface area contributed by atoms with Crippen LogP contribution < -0.4 is 5.32 Å². The van der Waals surface area contributed by atoms with Crippen LogP contribution >= 0.6 is 0 Å². The normalized spacial score (nSPS) is 12.3. The maximum absolute atomic E-state index is 12.4. The van der Waals surface area contributed by atoms with E-state index in [0.29, 0.717) is 17.0 Å². The molecule has 0 aliphatic rings. The van der Waals surface area contributed by atoms with Gasteiger partial charge in [0.2, 0.25) is 0 Å². The lowest BCUT2D eigenvalue weighted by Gasteiger charge is -2.22. The van der Waals surface area contributed by atoms with Gasteiger partial charge in [0, 0.05) is 6.04 Å². The molecule has 0 bridgehead atoms. The number of aryl methyl sites for hydroxylation is 2. The largest absolute Gasteiger partial charge is 0.478 e. The van der Waals surface area contributed by atoms with Crippen LogP contribution in [-0.4, -0.2) is 23.0 Å². The Balaban J connectivity index is 3.22. The second-order valence-electron chi connectivity index (χ2n) is 5.49. The monoisotopic (exact) mass is 277 g/mol. The summed E-state index contributed by atoms with van der Waals surface area (Å²) in [6.45, 7) is 9.55. The highest BCUT2D eigenvalue weighted by Gasteiger charge is 2.23. The average molecular weight is 277 g/mol. The van der Waals surface area contributed by atoms with Gasteiger partial charge in [-0.05, 0) is 37.3 Å². The lowest BCUT2D eigenvalue weighted by Crippen LogP contribution is -2.39. The molecule has 1 atom stereocenters. The molecule has 110 valence electrons. The van der Waals surface area contributed by atoms with Gasteiger partial charge in [0.25, 0.3) is 5.91 Å². The second-order valence-corrected chi connectivity index (χ2v) is 5.49. The van der Waals surface area contributed by atoms with Gasteiger partial charge in [0.15, 0.2) is 0 Å². The van der Waals surface area contributed by atoms with Crippen molar-refractivity contribution >= 4 is 11.9 Å². The summed E-state index contributed by atoms with van der Waals surface area (Å²) in [5.74, 6) is -1.06. The van der Waals surface area contributed by atoms with Crippen molar-refractivity contribution in [2.75, 3.05) is 0 Å². The van der Waals surface area contributed by atoms with Gasteiger partial charge in [-0.15, -0.1) is 0 Å². The van der Waals surface area contributed by atoms with Crippen LogP contribution in [0.1, 0.15) is 59.0 Å². The van der Waals surface area contributed by atoms with E-state index in [1.807, 2.05) is 20.8 Å². The predicted octanol–water partition coefficient (Wildman–Crippen LogP) is 3.17. The maximum Gasteiger partial charge on any atom is 0.336 e. The molecule has 1 unspecified atom stereocenters. The van der Waals surface area contributed by atoms with Gasteiger partial charge in [0.05, 0.1) is 11.1 Å². The van der Waals surface area contributed by atoms with E-state index in [1.54, 1.807) is 26.0 Å². The third-order valence-corrected chi connectivity index (χ3v) is 3.62. The molecule has 4 heteroatoms. The third-order valence-electron chi connectivity index (χ3n) is 3.62. The lowest BCUT2D eigenvalue weighted by molar-refractivity contribution is 0.0689. The van der Waals surface area contributed by atoms with Crippen molar-refractivity contribution in [2.24, 2.45) is 5.92 Å². The number of hydrogen-bond donors (Lipinski definition) is 2. The Kier molecular flexibility index (Phi) is 5.31. The van der Waals surface area contributed by atoms with Gasteiger partial charge in [-0.25, -0.2) is 4.79 Å². The van der Waals surface area contributed by atoms with Crippen LogP contribution in [0.2, 0.25) is 0 Å². The SMILES string of the molecule is CCC(NC(=O)c1c(C)ccc(C)c1C(=O)O)C(C)C. The summed E-state index contributed by atoms with van der Waals surface area (Å²) in [6.07, 6.45) is 0.816. The summed E-state index contributed by atoms with van der Waals surface area (Å²) in [6, 6.07) is 3.56. The van der Waals surface area contributed by atoms with Crippen molar-refractivity contribution in [3.63, 3.8) is 0 Å². The number of amides is 1. The highest BCUT2D eigenvalue weighted by molar-refractivity contribution is 6.06. The van der Waals surface area contributed by atoms with E-state index in [4.69, 9.17) is 0 Å². The molecule has 2 N–H and O–H groups in total. The van der Waals surface area contributed by atoms with Crippen molar-refractivity contribution < 1.29 is 14.7 Å². The molecule has 1 amide bonds. The fourth-order valence-corrected chi connectivity index (χ4v) is 2.36. The Morgan fingerprint density at radius 3 is 2.05 bits per heavy atom. The van der Waals surface area contributed by atoms with E-state index in [-0.39, 0.29) is 23.1 Å². The molecule has 20 heavy (non-hydrogen) atoms. The number of hydrogen-bond acceptors (Lipinski definition) is 2. The fraction of sp³-hybridized carbons (Fsp3) is 0.500. The summed E-state index contributed by atoms with van der Waals surface area (Å²) in [5, 5.41) is 12.3. The topological polar surface area (TPSA) is 66.4 Å². The summed E-state index contributed by atoms with van der Waals surface area (Å²) in [4.78, 5) is 23.9. The molecule has 0 spiro atoms. The van der Waals surface area contributed by atoms with Gasteiger partial charge >= 0.3 is 5.97 Å². The highest BCUT2D eigenvalue weighted by Crippen LogP contribution is 2.19. The number of carbonyl (C=O) groups excluding carboxylic acids is 1. The Labute approximate surface area is 120 Å². The van der Waals surface area contributed by atoms with Crippen LogP contribution in [0.5, 0.6) is 0 Å². The summed E-state index contributed by atoms with van der Waals surface area (Å²) in [5.41, 5.74) is 1.66. The molecule has 0 heterocycles. The minimum Gasteiger partial charge on any atom is -0.478 e. The third kappa shape index (κ3) is 3.38. The zero-order chi connectivity index (χ0) is 15.4. The molecule has 0 saturated carbocycles. The zero-order valence-corrected chi connectivity index (χ0v) is 12.8. The summed E-state index contributed by atoms with van der Waals surface area (Å²) >= 11 is 0. The Hall–Kier alpha value is -1.84. The van der Waals surface area contributed by atoms with Crippen molar-refractivity contribution in [3.05, 3.63) is 34.4 Å². The molecule has 0 radical (unpaired) electrons. The van der Waals surface area contributed by atoms with Crippen LogP contribution in [0, 0.1) is 19.8 Å². The number of rotatable bonds is 5. The number of carboxylic acid groups (broad SMARTS) is 1. The Morgan fingerprint density at radius 2 is 1.65 bits per heavy atom.